The van der Waals surface area contributed by atoms with Crippen molar-refractivity contribution in [1.82, 2.24) is 4.31 Å². The van der Waals surface area contributed by atoms with Crippen LogP contribution in [0.4, 0.5) is 5.69 Å². The van der Waals surface area contributed by atoms with E-state index >= 15 is 0 Å². The molecule has 0 fully saturated rings. The van der Waals surface area contributed by atoms with Gasteiger partial charge in [-0.15, -0.1) is 0 Å². The molecular weight excluding hydrogens is 304 g/mol. The number of aryl methyl sites for hydroxylation is 1. The van der Waals surface area contributed by atoms with Gasteiger partial charge in [0.2, 0.25) is 15.9 Å². The molecule has 6 nitrogen and oxygen atoms in total. The van der Waals surface area contributed by atoms with E-state index in [0.29, 0.717) is 18.5 Å². The third kappa shape index (κ3) is 3.96. The first-order chi connectivity index (χ1) is 10.4. The van der Waals surface area contributed by atoms with Crippen LogP contribution >= 0.6 is 0 Å². The number of sulfonamides is 1. The third-order valence-electron chi connectivity index (χ3n) is 3.10. The molecule has 22 heavy (non-hydrogen) atoms. The van der Waals surface area contributed by atoms with E-state index in [4.69, 9.17) is 4.42 Å². The Bertz CT molecular complexity index is 719. The van der Waals surface area contributed by atoms with E-state index in [0.717, 1.165) is 10.1 Å². The molecule has 1 N–H and O–H groups in total. The normalized spacial score (nSPS) is 11.6. The zero-order valence-electron chi connectivity index (χ0n) is 12.4. The van der Waals surface area contributed by atoms with Crippen LogP contribution in [0.2, 0.25) is 0 Å². The molecule has 0 radical (unpaired) electrons. The largest absolute Gasteiger partial charge is 0.469 e. The van der Waals surface area contributed by atoms with Crippen LogP contribution in [0.5, 0.6) is 0 Å². The lowest BCUT2D eigenvalue weighted by Crippen LogP contribution is -2.22. The van der Waals surface area contributed by atoms with Gasteiger partial charge in [0.15, 0.2) is 0 Å². The standard InChI is InChI=1S/C15H18N2O4S/c1-17(2)22(19,20)14-8-5-12(6-9-14)16-15(18)10-7-13-4-3-11-21-13/h3-6,8-9,11H,7,10H2,1-2H3,(H,16,18). The Morgan fingerprint density at radius 3 is 2.41 bits per heavy atom. The van der Waals surface area contributed by atoms with Crippen molar-refractivity contribution in [3.63, 3.8) is 0 Å². The highest BCUT2D eigenvalue weighted by molar-refractivity contribution is 7.89. The van der Waals surface area contributed by atoms with Crippen LogP contribution in [0.15, 0.2) is 52.0 Å². The molecule has 0 saturated heterocycles. The van der Waals surface area contributed by atoms with Gasteiger partial charge in [-0.2, -0.15) is 0 Å². The van der Waals surface area contributed by atoms with Gasteiger partial charge in [0, 0.05) is 32.6 Å². The number of amides is 1. The predicted octanol–water partition coefficient (Wildman–Crippen LogP) is 2.10. The van der Waals surface area contributed by atoms with Crippen molar-refractivity contribution in [1.29, 1.82) is 0 Å². The van der Waals surface area contributed by atoms with Gasteiger partial charge in [-0.05, 0) is 36.4 Å². The second-order valence-corrected chi connectivity index (χ2v) is 7.09. The Hall–Kier alpha value is -2.12. The van der Waals surface area contributed by atoms with Gasteiger partial charge in [-0.3, -0.25) is 4.79 Å². The molecule has 7 heteroatoms. The molecule has 1 amide bonds. The number of nitrogens with one attached hydrogen (secondary N) is 1. The molecule has 0 spiro atoms. The minimum absolute atomic E-state index is 0.153. The van der Waals surface area contributed by atoms with Crippen LogP contribution in [-0.2, 0) is 21.2 Å². The number of hydrogen-bond acceptors (Lipinski definition) is 4. The number of carbonyl (C=O) groups excluding carboxylic acids is 1. The average Bonchev–Trinajstić information content (AvgIpc) is 2.99. The molecule has 0 aliphatic carbocycles. The van der Waals surface area contributed by atoms with Crippen LogP contribution in [0.25, 0.3) is 0 Å². The van der Waals surface area contributed by atoms with Crippen molar-refractivity contribution >= 4 is 21.6 Å². The minimum atomic E-state index is -3.45. The second-order valence-electron chi connectivity index (χ2n) is 4.94. The van der Waals surface area contributed by atoms with E-state index in [1.807, 2.05) is 6.07 Å². The van der Waals surface area contributed by atoms with Gasteiger partial charge in [0.1, 0.15) is 5.76 Å². The maximum atomic E-state index is 11.9. The Morgan fingerprint density at radius 1 is 1.18 bits per heavy atom. The lowest BCUT2D eigenvalue weighted by molar-refractivity contribution is -0.116. The molecule has 1 aromatic carbocycles. The topological polar surface area (TPSA) is 79.6 Å². The summed E-state index contributed by atoms with van der Waals surface area (Å²) in [4.78, 5) is 12.0. The van der Waals surface area contributed by atoms with E-state index in [-0.39, 0.29) is 10.8 Å². The SMILES string of the molecule is CN(C)S(=O)(=O)c1ccc(NC(=O)CCc2ccco2)cc1. The number of furan rings is 1. The summed E-state index contributed by atoms with van der Waals surface area (Å²) in [6, 6.07) is 9.67. The molecule has 0 aliphatic heterocycles. The van der Waals surface area contributed by atoms with Crippen molar-refractivity contribution < 1.29 is 17.6 Å². The number of nitrogens with zero attached hydrogens (tertiary/aromatic N) is 1. The Morgan fingerprint density at radius 2 is 1.86 bits per heavy atom. The van der Waals surface area contributed by atoms with Gasteiger partial charge >= 0.3 is 0 Å². The zero-order chi connectivity index (χ0) is 16.2. The van der Waals surface area contributed by atoms with Crippen LogP contribution in [-0.4, -0.2) is 32.7 Å². The fraction of sp³-hybridized carbons (Fsp3) is 0.267. The van der Waals surface area contributed by atoms with E-state index in [1.54, 1.807) is 24.5 Å². The summed E-state index contributed by atoms with van der Waals surface area (Å²) in [6.07, 6.45) is 2.38. The summed E-state index contributed by atoms with van der Waals surface area (Å²) in [6.45, 7) is 0. The lowest BCUT2D eigenvalue weighted by atomic mass is 10.2. The predicted molar refractivity (Wildman–Crippen MR) is 83.0 cm³/mol. The smallest absolute Gasteiger partial charge is 0.242 e. The molecule has 1 heterocycles. The van der Waals surface area contributed by atoms with E-state index < -0.39 is 10.0 Å². The summed E-state index contributed by atoms with van der Waals surface area (Å²) in [5, 5.41) is 2.72. The van der Waals surface area contributed by atoms with Gasteiger partial charge in [-0.25, -0.2) is 12.7 Å². The van der Waals surface area contributed by atoms with Crippen molar-refractivity contribution in [3.8, 4) is 0 Å². The van der Waals surface area contributed by atoms with Crippen LogP contribution in [0.3, 0.4) is 0 Å². The van der Waals surface area contributed by atoms with Crippen LogP contribution < -0.4 is 5.32 Å². The number of carbonyl (C=O) groups is 1. The second kappa shape index (κ2) is 6.76. The highest BCUT2D eigenvalue weighted by atomic mass is 32.2. The zero-order valence-corrected chi connectivity index (χ0v) is 13.3. The molecule has 0 bridgehead atoms. The third-order valence-corrected chi connectivity index (χ3v) is 4.92. The summed E-state index contributed by atoms with van der Waals surface area (Å²) in [5.74, 6) is 0.599. The quantitative estimate of drug-likeness (QED) is 0.883. The molecule has 2 rings (SSSR count). The van der Waals surface area contributed by atoms with Gasteiger partial charge < -0.3 is 9.73 Å². The lowest BCUT2D eigenvalue weighted by Gasteiger charge is -2.12. The first-order valence-corrected chi connectivity index (χ1v) is 8.18. The van der Waals surface area contributed by atoms with E-state index in [2.05, 4.69) is 5.32 Å². The molecule has 0 saturated carbocycles. The highest BCUT2D eigenvalue weighted by Crippen LogP contribution is 2.17. The summed E-state index contributed by atoms with van der Waals surface area (Å²) in [5.41, 5.74) is 0.558. The van der Waals surface area contributed by atoms with Crippen LogP contribution in [0, 0.1) is 0 Å². The molecule has 0 unspecified atom stereocenters. The monoisotopic (exact) mass is 322 g/mol. The number of hydrogen-bond donors (Lipinski definition) is 1. The highest BCUT2D eigenvalue weighted by Gasteiger charge is 2.16. The van der Waals surface area contributed by atoms with Crippen molar-refractivity contribution in [2.24, 2.45) is 0 Å². The first-order valence-electron chi connectivity index (χ1n) is 6.74. The van der Waals surface area contributed by atoms with Crippen molar-refractivity contribution in [2.75, 3.05) is 19.4 Å². The molecular formula is C15H18N2O4S. The summed E-state index contributed by atoms with van der Waals surface area (Å²) >= 11 is 0. The minimum Gasteiger partial charge on any atom is -0.469 e. The fourth-order valence-electron chi connectivity index (χ4n) is 1.84. The number of rotatable bonds is 6. The Kier molecular flexibility index (Phi) is 4.99. The summed E-state index contributed by atoms with van der Waals surface area (Å²) < 4.78 is 30.2. The van der Waals surface area contributed by atoms with Crippen molar-refractivity contribution in [2.45, 2.75) is 17.7 Å². The molecule has 2 aromatic rings. The van der Waals surface area contributed by atoms with E-state index in [9.17, 15) is 13.2 Å². The molecule has 0 atom stereocenters. The average molecular weight is 322 g/mol. The first kappa shape index (κ1) is 16.3. The van der Waals surface area contributed by atoms with Gasteiger partial charge in [-0.1, -0.05) is 0 Å². The fourth-order valence-corrected chi connectivity index (χ4v) is 2.74. The Balaban J connectivity index is 1.95. The number of anilines is 1. The molecule has 118 valence electrons. The van der Waals surface area contributed by atoms with Gasteiger partial charge in [0.05, 0.1) is 11.2 Å². The molecule has 1 aromatic heterocycles. The van der Waals surface area contributed by atoms with Gasteiger partial charge in [0.25, 0.3) is 0 Å². The maximum Gasteiger partial charge on any atom is 0.242 e. The molecule has 0 aliphatic rings. The maximum absolute atomic E-state index is 11.9. The summed E-state index contributed by atoms with van der Waals surface area (Å²) in [7, 11) is -0.510. The number of benzene rings is 1. The van der Waals surface area contributed by atoms with Crippen molar-refractivity contribution in [3.05, 3.63) is 48.4 Å². The van der Waals surface area contributed by atoms with Crippen LogP contribution in [0.1, 0.15) is 12.2 Å². The van der Waals surface area contributed by atoms with E-state index in [1.165, 1.54) is 26.2 Å². The Labute approximate surface area is 129 Å².